The van der Waals surface area contributed by atoms with Crippen molar-refractivity contribution in [1.82, 2.24) is 15.4 Å². The number of carbonyl (C=O) groups is 2. The second-order valence-electron chi connectivity index (χ2n) is 7.87. The molecule has 8 nitrogen and oxygen atoms in total. The van der Waals surface area contributed by atoms with E-state index in [0.29, 0.717) is 18.0 Å². The van der Waals surface area contributed by atoms with Gasteiger partial charge in [0.05, 0.1) is 6.61 Å². The summed E-state index contributed by atoms with van der Waals surface area (Å²) in [6, 6.07) is 1.74. The maximum absolute atomic E-state index is 12.9. The summed E-state index contributed by atoms with van der Waals surface area (Å²) in [6.07, 6.45) is 5.66. The molecule has 8 heteroatoms. The van der Waals surface area contributed by atoms with Crippen LogP contribution in [0.2, 0.25) is 0 Å². The molecule has 1 aromatic heterocycles. The first-order valence-electron chi connectivity index (χ1n) is 9.91. The molecule has 2 amide bonds. The third kappa shape index (κ3) is 5.29. The van der Waals surface area contributed by atoms with E-state index in [4.69, 9.17) is 10.3 Å². The van der Waals surface area contributed by atoms with Crippen molar-refractivity contribution < 1.29 is 19.2 Å². The zero-order valence-electron chi connectivity index (χ0n) is 15.9. The van der Waals surface area contributed by atoms with E-state index in [0.717, 1.165) is 44.3 Å². The number of nitrogens with one attached hydrogen (secondary N) is 1. The second-order valence-corrected chi connectivity index (χ2v) is 7.87. The van der Waals surface area contributed by atoms with Crippen LogP contribution in [0.4, 0.5) is 0 Å². The van der Waals surface area contributed by atoms with Gasteiger partial charge in [0.2, 0.25) is 5.91 Å². The van der Waals surface area contributed by atoms with Crippen LogP contribution in [0.25, 0.3) is 0 Å². The molecule has 1 atom stereocenters. The van der Waals surface area contributed by atoms with Crippen LogP contribution < -0.4 is 11.1 Å². The predicted octanol–water partition coefficient (Wildman–Crippen LogP) is 1.15. The number of aliphatic hydroxyl groups is 1. The summed E-state index contributed by atoms with van der Waals surface area (Å²) in [4.78, 5) is 26.5. The van der Waals surface area contributed by atoms with E-state index in [2.05, 4.69) is 10.5 Å². The summed E-state index contributed by atoms with van der Waals surface area (Å²) in [5.74, 6) is 0.972. The van der Waals surface area contributed by atoms with E-state index < -0.39 is 0 Å². The average molecular weight is 378 g/mol. The van der Waals surface area contributed by atoms with Crippen LogP contribution in [-0.4, -0.2) is 58.3 Å². The lowest BCUT2D eigenvalue weighted by Crippen LogP contribution is -2.47. The standard InChI is InChI=1S/C19H30N4O4/c1-12(20)10-18(25)21-14-4-6-15(7-5-14)23(8-9-24)19(26)16-11-17(27-22-16)13-2-3-13/h11-15,24H,2-10,20H2,1H3,(H,21,25)/t12-,14?,15?/m1/s1. The molecular weight excluding hydrogens is 348 g/mol. The fraction of sp³-hybridized carbons (Fsp3) is 0.737. The van der Waals surface area contributed by atoms with Gasteiger partial charge in [0.25, 0.3) is 5.91 Å². The van der Waals surface area contributed by atoms with Crippen molar-refractivity contribution >= 4 is 11.8 Å². The molecule has 0 unspecified atom stereocenters. The Morgan fingerprint density at radius 2 is 2.04 bits per heavy atom. The molecule has 1 aromatic rings. The lowest BCUT2D eigenvalue weighted by Gasteiger charge is -2.36. The van der Waals surface area contributed by atoms with Crippen molar-refractivity contribution in [2.75, 3.05) is 13.2 Å². The average Bonchev–Trinajstić information content (AvgIpc) is 3.36. The molecule has 3 rings (SSSR count). The van der Waals surface area contributed by atoms with Gasteiger partial charge in [-0.1, -0.05) is 5.16 Å². The van der Waals surface area contributed by atoms with Crippen LogP contribution in [0.15, 0.2) is 10.6 Å². The van der Waals surface area contributed by atoms with E-state index in [9.17, 15) is 14.7 Å². The van der Waals surface area contributed by atoms with Gasteiger partial charge in [-0.15, -0.1) is 0 Å². The van der Waals surface area contributed by atoms with Crippen molar-refractivity contribution in [3.05, 3.63) is 17.5 Å². The summed E-state index contributed by atoms with van der Waals surface area (Å²) in [5.41, 5.74) is 5.98. The van der Waals surface area contributed by atoms with E-state index in [1.54, 1.807) is 11.0 Å². The predicted molar refractivity (Wildman–Crippen MR) is 99.1 cm³/mol. The number of hydrogen-bond acceptors (Lipinski definition) is 6. The third-order valence-electron chi connectivity index (χ3n) is 5.34. The van der Waals surface area contributed by atoms with Crippen molar-refractivity contribution in [2.24, 2.45) is 5.73 Å². The van der Waals surface area contributed by atoms with Gasteiger partial charge in [0.15, 0.2) is 5.69 Å². The topological polar surface area (TPSA) is 122 Å². The minimum absolute atomic E-state index is 0.0213. The molecular formula is C19H30N4O4. The van der Waals surface area contributed by atoms with Crippen molar-refractivity contribution in [3.8, 4) is 0 Å². The molecule has 0 spiro atoms. The number of nitrogens with two attached hydrogens (primary N) is 1. The molecule has 2 saturated carbocycles. The van der Waals surface area contributed by atoms with Crippen LogP contribution in [0.5, 0.6) is 0 Å². The maximum atomic E-state index is 12.9. The molecule has 27 heavy (non-hydrogen) atoms. The highest BCUT2D eigenvalue weighted by Crippen LogP contribution is 2.40. The van der Waals surface area contributed by atoms with Crippen molar-refractivity contribution in [1.29, 1.82) is 0 Å². The Balaban J connectivity index is 1.55. The van der Waals surface area contributed by atoms with Gasteiger partial charge in [0.1, 0.15) is 5.76 Å². The first kappa shape index (κ1) is 19.8. The molecule has 2 fully saturated rings. The molecule has 150 valence electrons. The fourth-order valence-electron chi connectivity index (χ4n) is 3.77. The maximum Gasteiger partial charge on any atom is 0.276 e. The first-order valence-corrected chi connectivity index (χ1v) is 9.91. The SMILES string of the molecule is C[C@@H](N)CC(=O)NC1CCC(N(CCO)C(=O)c2cc(C3CC3)on2)CC1. The number of rotatable bonds is 8. The second kappa shape index (κ2) is 8.84. The van der Waals surface area contributed by atoms with Crippen LogP contribution in [0, 0.1) is 0 Å². The Hall–Kier alpha value is -1.93. The van der Waals surface area contributed by atoms with E-state index in [1.807, 2.05) is 6.92 Å². The van der Waals surface area contributed by atoms with Gasteiger partial charge in [-0.3, -0.25) is 9.59 Å². The number of aliphatic hydroxyl groups excluding tert-OH is 1. The lowest BCUT2D eigenvalue weighted by atomic mass is 9.89. The molecule has 1 heterocycles. The fourth-order valence-corrected chi connectivity index (χ4v) is 3.77. The number of aromatic nitrogens is 1. The zero-order chi connectivity index (χ0) is 19.4. The van der Waals surface area contributed by atoms with Gasteiger partial charge >= 0.3 is 0 Å². The van der Waals surface area contributed by atoms with Crippen LogP contribution in [0.3, 0.4) is 0 Å². The van der Waals surface area contributed by atoms with E-state index >= 15 is 0 Å². The Kier molecular flexibility index (Phi) is 6.49. The minimum atomic E-state index is -0.191. The summed E-state index contributed by atoms with van der Waals surface area (Å²) >= 11 is 0. The highest BCUT2D eigenvalue weighted by atomic mass is 16.5. The Morgan fingerprint density at radius 1 is 1.33 bits per heavy atom. The Bertz CT molecular complexity index is 648. The quantitative estimate of drug-likeness (QED) is 0.624. The summed E-state index contributed by atoms with van der Waals surface area (Å²) in [6.45, 7) is 1.99. The van der Waals surface area contributed by atoms with Crippen molar-refractivity contribution in [3.63, 3.8) is 0 Å². The minimum Gasteiger partial charge on any atom is -0.395 e. The van der Waals surface area contributed by atoms with Gasteiger partial charge < -0.3 is 25.6 Å². The number of amides is 2. The molecule has 0 aliphatic heterocycles. The van der Waals surface area contributed by atoms with E-state index in [-0.39, 0.29) is 43.1 Å². The smallest absolute Gasteiger partial charge is 0.276 e. The molecule has 2 aliphatic carbocycles. The van der Waals surface area contributed by atoms with Crippen LogP contribution in [-0.2, 0) is 4.79 Å². The van der Waals surface area contributed by atoms with Gasteiger partial charge in [-0.05, 0) is 45.4 Å². The third-order valence-corrected chi connectivity index (χ3v) is 5.34. The summed E-state index contributed by atoms with van der Waals surface area (Å²) in [5, 5.41) is 16.4. The molecule has 0 bridgehead atoms. The largest absolute Gasteiger partial charge is 0.395 e. The normalized spacial score (nSPS) is 23.7. The van der Waals surface area contributed by atoms with E-state index in [1.165, 1.54) is 0 Å². The first-order chi connectivity index (χ1) is 13.0. The zero-order valence-corrected chi connectivity index (χ0v) is 15.9. The Labute approximate surface area is 159 Å². The Morgan fingerprint density at radius 3 is 2.63 bits per heavy atom. The molecule has 2 aliphatic rings. The molecule has 0 radical (unpaired) electrons. The van der Waals surface area contributed by atoms with Crippen LogP contribution >= 0.6 is 0 Å². The van der Waals surface area contributed by atoms with Gasteiger partial charge in [-0.2, -0.15) is 0 Å². The number of nitrogens with zero attached hydrogens (tertiary/aromatic N) is 2. The van der Waals surface area contributed by atoms with Crippen LogP contribution in [0.1, 0.15) is 74.0 Å². The molecule has 0 saturated heterocycles. The molecule has 4 N–H and O–H groups in total. The van der Waals surface area contributed by atoms with Crippen molar-refractivity contribution in [2.45, 2.75) is 75.9 Å². The highest BCUT2D eigenvalue weighted by Gasteiger charge is 2.33. The van der Waals surface area contributed by atoms with Gasteiger partial charge in [-0.25, -0.2) is 0 Å². The highest BCUT2D eigenvalue weighted by molar-refractivity contribution is 5.92. The lowest BCUT2D eigenvalue weighted by molar-refractivity contribution is -0.122. The number of hydrogen-bond donors (Lipinski definition) is 3. The summed E-state index contributed by atoms with van der Waals surface area (Å²) < 4.78 is 5.30. The summed E-state index contributed by atoms with van der Waals surface area (Å²) in [7, 11) is 0. The molecule has 0 aromatic carbocycles. The monoisotopic (exact) mass is 378 g/mol. The number of carbonyl (C=O) groups excluding carboxylic acids is 2. The van der Waals surface area contributed by atoms with Gasteiger partial charge in [0, 0.05) is 43.1 Å².